The van der Waals surface area contributed by atoms with Crippen LogP contribution in [0.3, 0.4) is 0 Å². The van der Waals surface area contributed by atoms with Crippen LogP contribution in [0.1, 0.15) is 38.2 Å². The van der Waals surface area contributed by atoms with Crippen molar-refractivity contribution in [2.24, 2.45) is 0 Å². The van der Waals surface area contributed by atoms with Crippen LogP contribution in [0.5, 0.6) is 0 Å². The number of benzene rings is 1. The van der Waals surface area contributed by atoms with Gasteiger partial charge in [0.15, 0.2) is 5.78 Å². The molecule has 0 spiro atoms. The van der Waals surface area contributed by atoms with Crippen molar-refractivity contribution in [1.82, 2.24) is 10.2 Å². The average molecular weight is 298 g/mol. The predicted octanol–water partition coefficient (Wildman–Crippen LogP) is 2.88. The van der Waals surface area contributed by atoms with Crippen molar-refractivity contribution in [3.63, 3.8) is 0 Å². The lowest BCUT2D eigenvalue weighted by Gasteiger charge is -2.40. The molecule has 0 aliphatic carbocycles. The summed E-state index contributed by atoms with van der Waals surface area (Å²) in [6.07, 6.45) is 8.18. The number of rotatable bonds is 6. The molecular formula is C19H26N2O. The molecule has 0 amide bonds. The van der Waals surface area contributed by atoms with Crippen LogP contribution in [0.15, 0.2) is 36.4 Å². The Morgan fingerprint density at radius 2 is 2.23 bits per heavy atom. The van der Waals surface area contributed by atoms with Gasteiger partial charge >= 0.3 is 0 Å². The van der Waals surface area contributed by atoms with Crippen molar-refractivity contribution in [3.8, 4) is 0 Å². The van der Waals surface area contributed by atoms with Gasteiger partial charge in [-0.15, -0.1) is 0 Å². The number of hydrogen-bond donors (Lipinski definition) is 1. The van der Waals surface area contributed by atoms with E-state index in [1.54, 1.807) is 0 Å². The first-order valence-electron chi connectivity index (χ1n) is 8.47. The Kier molecular flexibility index (Phi) is 4.74. The van der Waals surface area contributed by atoms with Crippen LogP contribution in [-0.4, -0.2) is 41.9 Å². The third kappa shape index (κ3) is 3.31. The van der Waals surface area contributed by atoms with Gasteiger partial charge in [0, 0.05) is 32.1 Å². The molecule has 118 valence electrons. The Morgan fingerprint density at radius 1 is 1.41 bits per heavy atom. The fourth-order valence-electron chi connectivity index (χ4n) is 3.79. The molecule has 1 aromatic carbocycles. The van der Waals surface area contributed by atoms with Crippen molar-refractivity contribution in [2.45, 2.75) is 44.2 Å². The van der Waals surface area contributed by atoms with Gasteiger partial charge in [0.05, 0.1) is 5.54 Å². The van der Waals surface area contributed by atoms with Crippen LogP contribution in [0, 0.1) is 0 Å². The van der Waals surface area contributed by atoms with E-state index in [9.17, 15) is 4.79 Å². The van der Waals surface area contributed by atoms with Crippen molar-refractivity contribution in [1.29, 1.82) is 0 Å². The van der Waals surface area contributed by atoms with Crippen LogP contribution < -0.4 is 5.32 Å². The van der Waals surface area contributed by atoms with Crippen LogP contribution in [-0.2, 0) is 4.79 Å². The molecule has 3 heteroatoms. The number of nitrogens with zero attached hydrogens (tertiary/aromatic N) is 1. The van der Waals surface area contributed by atoms with E-state index in [-0.39, 0.29) is 5.54 Å². The van der Waals surface area contributed by atoms with Crippen molar-refractivity contribution >= 4 is 11.9 Å². The predicted molar refractivity (Wildman–Crippen MR) is 90.7 cm³/mol. The van der Waals surface area contributed by atoms with E-state index in [4.69, 9.17) is 0 Å². The summed E-state index contributed by atoms with van der Waals surface area (Å²) < 4.78 is 0. The molecule has 1 aromatic rings. The fourth-order valence-corrected chi connectivity index (χ4v) is 3.79. The summed E-state index contributed by atoms with van der Waals surface area (Å²) in [4.78, 5) is 14.9. The Hall–Kier alpha value is -1.45. The standard InChI is InChI=1S/C19H26N2O/c1-2-7-18(22)19-12-11-17(20-19)14-21(15-19)13-6-10-16-8-4-3-5-9-16/h3-6,8-10,17,20H,2,7,11-15H2,1H3. The van der Waals surface area contributed by atoms with E-state index < -0.39 is 0 Å². The first-order valence-corrected chi connectivity index (χ1v) is 8.47. The third-order valence-corrected chi connectivity index (χ3v) is 4.86. The zero-order chi connectivity index (χ0) is 15.4. The maximum atomic E-state index is 12.5. The average Bonchev–Trinajstić information content (AvgIpc) is 2.85. The smallest absolute Gasteiger partial charge is 0.154 e. The van der Waals surface area contributed by atoms with Crippen LogP contribution >= 0.6 is 0 Å². The SMILES string of the molecule is CCCC(=O)C12CCC(CN(CC=Cc3ccccc3)C1)N2. The number of carbonyl (C=O) groups is 1. The third-order valence-electron chi connectivity index (χ3n) is 4.86. The van der Waals surface area contributed by atoms with Gasteiger partial charge in [-0.1, -0.05) is 49.4 Å². The normalized spacial score (nSPS) is 28.3. The Balaban J connectivity index is 1.61. The largest absolute Gasteiger partial charge is 0.300 e. The zero-order valence-corrected chi connectivity index (χ0v) is 13.4. The summed E-state index contributed by atoms with van der Waals surface area (Å²) in [5, 5.41) is 3.61. The number of nitrogens with one attached hydrogen (secondary N) is 1. The van der Waals surface area contributed by atoms with Crippen LogP contribution in [0.4, 0.5) is 0 Å². The maximum absolute atomic E-state index is 12.5. The lowest BCUT2D eigenvalue weighted by molar-refractivity contribution is -0.126. The van der Waals surface area contributed by atoms with E-state index in [1.165, 1.54) is 5.56 Å². The molecule has 0 saturated carbocycles. The number of piperazine rings is 1. The van der Waals surface area contributed by atoms with Crippen molar-refractivity contribution < 1.29 is 4.79 Å². The van der Waals surface area contributed by atoms with Crippen molar-refractivity contribution in [2.75, 3.05) is 19.6 Å². The van der Waals surface area contributed by atoms with Gasteiger partial charge in [-0.05, 0) is 24.8 Å². The van der Waals surface area contributed by atoms with E-state index >= 15 is 0 Å². The molecule has 2 saturated heterocycles. The molecule has 2 aliphatic heterocycles. The first-order chi connectivity index (χ1) is 10.7. The van der Waals surface area contributed by atoms with Gasteiger partial charge < -0.3 is 0 Å². The minimum atomic E-state index is -0.264. The molecule has 2 bridgehead atoms. The molecule has 2 fully saturated rings. The van der Waals surface area contributed by atoms with Crippen molar-refractivity contribution in [3.05, 3.63) is 42.0 Å². The molecular weight excluding hydrogens is 272 g/mol. The van der Waals surface area contributed by atoms with E-state index in [0.29, 0.717) is 18.2 Å². The lowest BCUT2D eigenvalue weighted by Crippen LogP contribution is -2.63. The monoisotopic (exact) mass is 298 g/mol. The molecule has 2 aliphatic rings. The highest BCUT2D eigenvalue weighted by Gasteiger charge is 2.48. The highest BCUT2D eigenvalue weighted by molar-refractivity contribution is 5.89. The van der Waals surface area contributed by atoms with Gasteiger partial charge in [0.1, 0.15) is 0 Å². The maximum Gasteiger partial charge on any atom is 0.154 e. The topological polar surface area (TPSA) is 32.3 Å². The minimum Gasteiger partial charge on any atom is -0.300 e. The second-order valence-electron chi connectivity index (χ2n) is 6.64. The van der Waals surface area contributed by atoms with E-state index in [0.717, 1.165) is 38.9 Å². The molecule has 2 unspecified atom stereocenters. The van der Waals surface area contributed by atoms with E-state index in [1.807, 2.05) is 6.07 Å². The number of hydrogen-bond acceptors (Lipinski definition) is 3. The number of ketones is 1. The summed E-state index contributed by atoms with van der Waals surface area (Å²) in [5.41, 5.74) is 0.969. The first kappa shape index (κ1) is 15.4. The lowest BCUT2D eigenvalue weighted by atomic mass is 9.89. The molecule has 2 atom stereocenters. The molecule has 2 heterocycles. The summed E-state index contributed by atoms with van der Waals surface area (Å²) in [5.74, 6) is 0.411. The molecule has 3 rings (SSSR count). The van der Waals surface area contributed by atoms with Gasteiger partial charge in [-0.2, -0.15) is 0 Å². The summed E-state index contributed by atoms with van der Waals surface area (Å²) in [7, 11) is 0. The zero-order valence-electron chi connectivity index (χ0n) is 13.4. The molecule has 0 aromatic heterocycles. The van der Waals surface area contributed by atoms with Crippen LogP contribution in [0.25, 0.3) is 6.08 Å². The molecule has 0 radical (unpaired) electrons. The molecule has 22 heavy (non-hydrogen) atoms. The second-order valence-corrected chi connectivity index (χ2v) is 6.64. The quantitative estimate of drug-likeness (QED) is 0.876. The van der Waals surface area contributed by atoms with E-state index in [2.05, 4.69) is 53.6 Å². The van der Waals surface area contributed by atoms with Gasteiger partial charge in [-0.3, -0.25) is 15.0 Å². The number of fused-ring (bicyclic) bond motifs is 2. The fraction of sp³-hybridized carbons (Fsp3) is 0.526. The van der Waals surface area contributed by atoms with Gasteiger partial charge in [-0.25, -0.2) is 0 Å². The summed E-state index contributed by atoms with van der Waals surface area (Å²) in [6.45, 7) is 4.93. The van der Waals surface area contributed by atoms with Gasteiger partial charge in [0.2, 0.25) is 0 Å². The highest BCUT2D eigenvalue weighted by atomic mass is 16.1. The summed E-state index contributed by atoms with van der Waals surface area (Å²) in [6, 6.07) is 10.9. The minimum absolute atomic E-state index is 0.264. The molecule has 1 N–H and O–H groups in total. The number of carbonyl (C=O) groups excluding carboxylic acids is 1. The Bertz CT molecular complexity index is 540. The Morgan fingerprint density at radius 3 is 3.00 bits per heavy atom. The second kappa shape index (κ2) is 6.76. The Labute approximate surface area is 133 Å². The summed E-state index contributed by atoms with van der Waals surface area (Å²) >= 11 is 0. The number of Topliss-reactive ketones (excluding diaryl/α,β-unsaturated/α-hetero) is 1. The number of likely N-dealkylation sites (tertiary alicyclic amines) is 1. The highest BCUT2D eigenvalue weighted by Crippen LogP contribution is 2.31. The van der Waals surface area contributed by atoms with Gasteiger partial charge in [0.25, 0.3) is 0 Å². The van der Waals surface area contributed by atoms with Crippen LogP contribution in [0.2, 0.25) is 0 Å². The molecule has 3 nitrogen and oxygen atoms in total.